The van der Waals surface area contributed by atoms with Crippen molar-refractivity contribution in [3.8, 4) is 5.88 Å². The van der Waals surface area contributed by atoms with Gasteiger partial charge in [0.15, 0.2) is 6.61 Å². The number of hydrogen-bond donors (Lipinski definition) is 1. The smallest absolute Gasteiger partial charge is 0.343 e. The number of rotatable bonds is 6. The molecule has 2 N–H and O–H groups in total. The number of hydrogen-bond acceptors (Lipinski definition) is 3. The Hall–Kier alpha value is -1.37. The minimum absolute atomic E-state index is 0.143. The highest BCUT2D eigenvalue weighted by Gasteiger charge is 2.55. The number of pyridine rings is 1. The Balaban J connectivity index is 2.66. The van der Waals surface area contributed by atoms with E-state index in [0.717, 1.165) is 6.92 Å². The van der Waals surface area contributed by atoms with Gasteiger partial charge in [-0.25, -0.2) is 4.98 Å². The van der Waals surface area contributed by atoms with Crippen LogP contribution in [0.15, 0.2) is 18.3 Å². The third-order valence-electron chi connectivity index (χ3n) is 2.67. The quantitative estimate of drug-likeness (QED) is 0.814. The van der Waals surface area contributed by atoms with Gasteiger partial charge in [-0.1, -0.05) is 13.0 Å². The van der Waals surface area contributed by atoms with Gasteiger partial charge < -0.3 is 10.5 Å². The predicted molar refractivity (Wildman–Crippen MR) is 62.5 cm³/mol. The molecule has 0 aliphatic heterocycles. The van der Waals surface area contributed by atoms with Crippen LogP contribution in [-0.2, 0) is 0 Å². The minimum atomic E-state index is -4.23. The highest BCUT2D eigenvalue weighted by molar-refractivity contribution is 5.20. The van der Waals surface area contributed by atoms with Gasteiger partial charge in [-0.05, 0) is 12.5 Å². The number of aromatic nitrogens is 1. The molecule has 0 spiro atoms. The number of halogens is 4. The van der Waals surface area contributed by atoms with Crippen LogP contribution in [0.3, 0.4) is 0 Å². The van der Waals surface area contributed by atoms with Gasteiger partial charge in [0.25, 0.3) is 0 Å². The highest BCUT2D eigenvalue weighted by atomic mass is 19.3. The molecule has 1 aromatic rings. The molecule has 1 heterocycles. The first-order valence-corrected chi connectivity index (χ1v) is 5.79. The molecule has 3 nitrogen and oxygen atoms in total. The fraction of sp³-hybridized carbons (Fsp3) is 0.583. The summed E-state index contributed by atoms with van der Waals surface area (Å²) in [5, 5.41) is 0. The molecular weight excluding hydrogens is 264 g/mol. The van der Waals surface area contributed by atoms with Crippen LogP contribution in [-0.4, -0.2) is 23.4 Å². The summed E-state index contributed by atoms with van der Waals surface area (Å²) in [6.45, 7) is 1.30. The summed E-state index contributed by atoms with van der Waals surface area (Å²) in [5.74, 6) is -8.47. The van der Waals surface area contributed by atoms with Crippen LogP contribution >= 0.6 is 0 Å². The molecule has 0 amide bonds. The van der Waals surface area contributed by atoms with Crippen molar-refractivity contribution >= 4 is 0 Å². The van der Waals surface area contributed by atoms with E-state index in [1.54, 1.807) is 13.0 Å². The van der Waals surface area contributed by atoms with E-state index in [9.17, 15) is 17.6 Å². The summed E-state index contributed by atoms with van der Waals surface area (Å²) >= 11 is 0. The molecule has 0 aromatic carbocycles. The van der Waals surface area contributed by atoms with Crippen molar-refractivity contribution in [1.82, 2.24) is 4.98 Å². The van der Waals surface area contributed by atoms with Gasteiger partial charge in [0.2, 0.25) is 5.88 Å². The fourth-order valence-corrected chi connectivity index (χ4v) is 1.28. The highest BCUT2D eigenvalue weighted by Crippen LogP contribution is 2.37. The third-order valence-corrected chi connectivity index (χ3v) is 2.67. The van der Waals surface area contributed by atoms with Crippen LogP contribution in [0.25, 0.3) is 0 Å². The van der Waals surface area contributed by atoms with Gasteiger partial charge in [0.1, 0.15) is 0 Å². The first-order valence-electron chi connectivity index (χ1n) is 5.79. The first kappa shape index (κ1) is 15.7. The first-order chi connectivity index (χ1) is 8.69. The minimum Gasteiger partial charge on any atom is -0.471 e. The molecule has 1 unspecified atom stereocenters. The average molecular weight is 280 g/mol. The van der Waals surface area contributed by atoms with Gasteiger partial charge >= 0.3 is 11.8 Å². The zero-order valence-electron chi connectivity index (χ0n) is 10.7. The molecule has 7 heteroatoms. The summed E-state index contributed by atoms with van der Waals surface area (Å²) in [5.41, 5.74) is 6.27. The zero-order chi connectivity index (χ0) is 14.7. The average Bonchev–Trinajstić information content (AvgIpc) is 2.36. The Morgan fingerprint density at radius 3 is 2.32 bits per heavy atom. The topological polar surface area (TPSA) is 48.1 Å². The van der Waals surface area contributed by atoms with Gasteiger partial charge in [0.05, 0.1) is 0 Å². The van der Waals surface area contributed by atoms with Crippen LogP contribution in [0, 0.1) is 0 Å². The standard InChI is InChI=1S/C12H16F4N2O/c1-3-11(13,14)12(15,16)7-19-10-5-4-9(6-18-10)8(2)17/h4-6,8H,3,7,17H2,1-2H3. The van der Waals surface area contributed by atoms with Crippen molar-refractivity contribution in [3.05, 3.63) is 23.9 Å². The molecule has 0 aliphatic carbocycles. The maximum absolute atomic E-state index is 13.2. The molecule has 0 radical (unpaired) electrons. The molecule has 1 rings (SSSR count). The van der Waals surface area contributed by atoms with E-state index in [0.29, 0.717) is 5.56 Å². The lowest BCUT2D eigenvalue weighted by Crippen LogP contribution is -2.44. The van der Waals surface area contributed by atoms with Gasteiger partial charge in [-0.2, -0.15) is 17.6 Å². The van der Waals surface area contributed by atoms with Crippen LogP contribution in [0.1, 0.15) is 31.9 Å². The van der Waals surface area contributed by atoms with E-state index in [1.807, 2.05) is 0 Å². The molecule has 0 saturated heterocycles. The van der Waals surface area contributed by atoms with Crippen molar-refractivity contribution in [3.63, 3.8) is 0 Å². The number of nitrogens with zero attached hydrogens (tertiary/aromatic N) is 1. The van der Waals surface area contributed by atoms with E-state index < -0.39 is 24.9 Å². The largest absolute Gasteiger partial charge is 0.471 e. The fourth-order valence-electron chi connectivity index (χ4n) is 1.28. The molecule has 1 atom stereocenters. The van der Waals surface area contributed by atoms with Crippen molar-refractivity contribution in [2.75, 3.05) is 6.61 Å². The Morgan fingerprint density at radius 2 is 1.89 bits per heavy atom. The van der Waals surface area contributed by atoms with E-state index in [-0.39, 0.29) is 11.9 Å². The predicted octanol–water partition coefficient (Wildman–Crippen LogP) is 3.16. The summed E-state index contributed by atoms with van der Waals surface area (Å²) in [6, 6.07) is 2.61. The maximum atomic E-state index is 13.2. The van der Waals surface area contributed by atoms with Gasteiger partial charge in [-0.3, -0.25) is 0 Å². The maximum Gasteiger partial charge on any atom is 0.343 e. The summed E-state index contributed by atoms with van der Waals surface area (Å²) in [6.07, 6.45) is 0.399. The molecule has 19 heavy (non-hydrogen) atoms. The van der Waals surface area contributed by atoms with Crippen LogP contribution < -0.4 is 10.5 Å². The Morgan fingerprint density at radius 1 is 1.26 bits per heavy atom. The van der Waals surface area contributed by atoms with Gasteiger partial charge in [0, 0.05) is 24.7 Å². The monoisotopic (exact) mass is 280 g/mol. The molecule has 0 aliphatic rings. The lowest BCUT2D eigenvalue weighted by atomic mass is 10.1. The van der Waals surface area contributed by atoms with E-state index in [1.165, 1.54) is 12.3 Å². The number of nitrogens with two attached hydrogens (primary N) is 1. The second-order valence-electron chi connectivity index (χ2n) is 4.27. The SMILES string of the molecule is CCC(F)(F)C(F)(F)COc1ccc(C(C)N)cn1. The van der Waals surface area contributed by atoms with Crippen molar-refractivity contribution in [2.24, 2.45) is 5.73 Å². The molecular formula is C12H16F4N2O. The van der Waals surface area contributed by atoms with Crippen LogP contribution in [0.2, 0.25) is 0 Å². The number of alkyl halides is 4. The van der Waals surface area contributed by atoms with E-state index in [2.05, 4.69) is 9.72 Å². The molecule has 1 aromatic heterocycles. The second kappa shape index (κ2) is 5.73. The zero-order valence-corrected chi connectivity index (χ0v) is 10.7. The lowest BCUT2D eigenvalue weighted by Gasteiger charge is -2.25. The molecule has 0 fully saturated rings. The van der Waals surface area contributed by atoms with Crippen LogP contribution in [0.5, 0.6) is 5.88 Å². The third kappa shape index (κ3) is 3.79. The Bertz CT molecular complexity index is 407. The molecule has 0 saturated carbocycles. The lowest BCUT2D eigenvalue weighted by molar-refractivity contribution is -0.222. The number of ether oxygens (including phenoxy) is 1. The van der Waals surface area contributed by atoms with Gasteiger partial charge in [-0.15, -0.1) is 0 Å². The van der Waals surface area contributed by atoms with Crippen molar-refractivity contribution in [1.29, 1.82) is 0 Å². The summed E-state index contributed by atoms with van der Waals surface area (Å²) in [7, 11) is 0. The second-order valence-corrected chi connectivity index (χ2v) is 4.27. The van der Waals surface area contributed by atoms with Crippen molar-refractivity contribution < 1.29 is 22.3 Å². The summed E-state index contributed by atoms with van der Waals surface area (Å²) < 4.78 is 56.8. The van der Waals surface area contributed by atoms with E-state index >= 15 is 0 Å². The van der Waals surface area contributed by atoms with Crippen LogP contribution in [0.4, 0.5) is 17.6 Å². The Kier molecular flexibility index (Phi) is 4.73. The summed E-state index contributed by atoms with van der Waals surface area (Å²) in [4.78, 5) is 3.73. The molecule has 108 valence electrons. The normalized spacial score (nSPS) is 14.3. The van der Waals surface area contributed by atoms with E-state index in [4.69, 9.17) is 5.73 Å². The molecule has 0 bridgehead atoms. The Labute approximate surface area is 108 Å². The van der Waals surface area contributed by atoms with Crippen molar-refractivity contribution in [2.45, 2.75) is 38.2 Å².